The summed E-state index contributed by atoms with van der Waals surface area (Å²) in [4.78, 5) is 15.8. The second-order valence-electron chi connectivity index (χ2n) is 13.1. The fraction of sp³-hybridized carbons (Fsp3) is 0.658. The number of nitrogens with zero attached hydrogens (tertiary/aromatic N) is 1. The van der Waals surface area contributed by atoms with Crippen LogP contribution in [0.3, 0.4) is 0 Å². The molecule has 3 unspecified atom stereocenters. The molecule has 45 heavy (non-hydrogen) atoms. The zero-order chi connectivity index (χ0) is 31.5. The number of carbonyl (C=O) groups is 1. The van der Waals surface area contributed by atoms with Crippen molar-refractivity contribution in [2.24, 2.45) is 0 Å². The zero-order valence-corrected chi connectivity index (χ0v) is 27.8. The van der Waals surface area contributed by atoms with Gasteiger partial charge < -0.3 is 30.1 Å². The molecular formula is C38H59N3O4. The molecule has 0 saturated carbocycles. The maximum absolute atomic E-state index is 13.5. The lowest BCUT2D eigenvalue weighted by molar-refractivity contribution is 0.108. The predicted octanol–water partition coefficient (Wildman–Crippen LogP) is 8.48. The molecule has 7 heteroatoms. The van der Waals surface area contributed by atoms with E-state index in [1.165, 1.54) is 77.0 Å². The number of hydrogen-bond donors (Lipinski definition) is 3. The van der Waals surface area contributed by atoms with E-state index < -0.39 is 12.1 Å². The van der Waals surface area contributed by atoms with Gasteiger partial charge in [0, 0.05) is 6.54 Å². The van der Waals surface area contributed by atoms with Gasteiger partial charge in [0.1, 0.15) is 19.3 Å². The number of unbranched alkanes of at least 4 members (excludes halogenated alkanes) is 12. The van der Waals surface area contributed by atoms with Gasteiger partial charge >= 0.3 is 6.03 Å². The van der Waals surface area contributed by atoms with Crippen LogP contribution in [-0.2, 0) is 0 Å². The number of likely N-dealkylation sites (tertiary alicyclic amines) is 1. The Morgan fingerprint density at radius 2 is 1.36 bits per heavy atom. The lowest BCUT2D eigenvalue weighted by Gasteiger charge is -2.30. The smallest absolute Gasteiger partial charge is 0.315 e. The first-order valence-corrected chi connectivity index (χ1v) is 18.1. The van der Waals surface area contributed by atoms with Crippen LogP contribution in [0.2, 0.25) is 0 Å². The molecular weight excluding hydrogens is 562 g/mol. The minimum atomic E-state index is -0.872. The molecule has 0 bridgehead atoms. The molecule has 2 heterocycles. The number of amides is 2. The summed E-state index contributed by atoms with van der Waals surface area (Å²) in [5, 5.41) is 17.9. The molecule has 2 amide bonds. The number of hydrogen-bond acceptors (Lipinski definition) is 5. The van der Waals surface area contributed by atoms with Crippen molar-refractivity contribution in [2.75, 3.05) is 32.8 Å². The van der Waals surface area contributed by atoms with Gasteiger partial charge in [-0.2, -0.15) is 0 Å². The number of urea groups is 1. The number of benzene rings is 2. The van der Waals surface area contributed by atoms with Gasteiger partial charge in [-0.15, -0.1) is 0 Å². The van der Waals surface area contributed by atoms with Crippen LogP contribution in [0.4, 0.5) is 4.79 Å². The lowest BCUT2D eigenvalue weighted by Crippen LogP contribution is -2.50. The number of fused-ring (bicyclic) bond motifs is 1. The van der Waals surface area contributed by atoms with Crippen molar-refractivity contribution in [2.45, 2.75) is 128 Å². The van der Waals surface area contributed by atoms with Gasteiger partial charge in [0.2, 0.25) is 0 Å². The van der Waals surface area contributed by atoms with Crippen molar-refractivity contribution in [1.29, 1.82) is 0 Å². The molecule has 2 aliphatic heterocycles. The Morgan fingerprint density at radius 1 is 0.756 bits per heavy atom. The summed E-state index contributed by atoms with van der Waals surface area (Å²) < 4.78 is 11.4. The first kappa shape index (κ1) is 35.1. The number of carbonyl (C=O) groups excluding carboxylic acids is 1. The van der Waals surface area contributed by atoms with Crippen LogP contribution in [0.5, 0.6) is 11.5 Å². The Labute approximate surface area is 272 Å². The van der Waals surface area contributed by atoms with Crippen LogP contribution in [0.15, 0.2) is 48.5 Å². The highest BCUT2D eigenvalue weighted by atomic mass is 16.6. The van der Waals surface area contributed by atoms with E-state index in [9.17, 15) is 9.90 Å². The SMILES string of the molecule is CCCCCCCCCCCCCCCC(NC(=O)NC(CN1CCCC1)C(O)c1ccc2c(c1)OCCO2)c1ccccc1. The summed E-state index contributed by atoms with van der Waals surface area (Å²) in [6.07, 6.45) is 19.5. The van der Waals surface area contributed by atoms with Gasteiger partial charge in [-0.3, -0.25) is 0 Å². The zero-order valence-electron chi connectivity index (χ0n) is 27.8. The lowest BCUT2D eigenvalue weighted by atomic mass is 9.99. The van der Waals surface area contributed by atoms with Crippen LogP contribution in [0, 0.1) is 0 Å². The van der Waals surface area contributed by atoms with Gasteiger partial charge in [0.15, 0.2) is 11.5 Å². The third-order valence-corrected chi connectivity index (χ3v) is 9.36. The van der Waals surface area contributed by atoms with E-state index in [0.29, 0.717) is 31.3 Å². The van der Waals surface area contributed by atoms with Crippen molar-refractivity contribution < 1.29 is 19.4 Å². The van der Waals surface area contributed by atoms with E-state index in [1.54, 1.807) is 0 Å². The second-order valence-corrected chi connectivity index (χ2v) is 13.1. The molecule has 0 spiro atoms. The molecule has 2 aromatic carbocycles. The van der Waals surface area contributed by atoms with Crippen LogP contribution >= 0.6 is 0 Å². The normalized spacial score (nSPS) is 16.7. The number of ether oxygens (including phenoxy) is 2. The van der Waals surface area contributed by atoms with Gasteiger partial charge in [0.25, 0.3) is 0 Å². The third-order valence-electron chi connectivity index (χ3n) is 9.36. The number of nitrogens with one attached hydrogen (secondary N) is 2. The molecule has 0 aromatic heterocycles. The van der Waals surface area contributed by atoms with Crippen LogP contribution in [-0.4, -0.2) is 54.9 Å². The van der Waals surface area contributed by atoms with Crippen LogP contribution < -0.4 is 20.1 Å². The van der Waals surface area contributed by atoms with E-state index >= 15 is 0 Å². The highest BCUT2D eigenvalue weighted by molar-refractivity contribution is 5.75. The summed E-state index contributed by atoms with van der Waals surface area (Å²) in [5.74, 6) is 1.34. The van der Waals surface area contributed by atoms with Crippen LogP contribution in [0.1, 0.15) is 133 Å². The molecule has 250 valence electrons. The Balaban J connectivity index is 1.25. The standard InChI is InChI=1S/C38H59N3O4/c1-2-3-4-5-6-7-8-9-10-11-12-13-17-22-33(31-20-15-14-16-21-31)39-38(43)40-34(30-41-25-18-19-26-41)37(42)32-23-24-35-36(29-32)45-28-27-44-35/h14-16,20-21,23-24,29,33-34,37,42H,2-13,17-19,22,25-28,30H2,1H3,(H2,39,40,43). The minimum Gasteiger partial charge on any atom is -0.486 e. The van der Waals surface area contributed by atoms with E-state index in [-0.39, 0.29) is 12.1 Å². The molecule has 2 aromatic rings. The summed E-state index contributed by atoms with van der Waals surface area (Å²) in [6, 6.07) is 15.1. The molecule has 3 atom stereocenters. The van der Waals surface area contributed by atoms with Crippen LogP contribution in [0.25, 0.3) is 0 Å². The first-order chi connectivity index (χ1) is 22.1. The molecule has 1 saturated heterocycles. The molecule has 4 rings (SSSR count). The van der Waals surface area contributed by atoms with Crippen molar-refractivity contribution in [3.8, 4) is 11.5 Å². The van der Waals surface area contributed by atoms with Gasteiger partial charge in [-0.25, -0.2) is 4.79 Å². The maximum atomic E-state index is 13.5. The Morgan fingerprint density at radius 3 is 2.00 bits per heavy atom. The topological polar surface area (TPSA) is 83.1 Å². The summed E-state index contributed by atoms with van der Waals surface area (Å²) >= 11 is 0. The molecule has 7 nitrogen and oxygen atoms in total. The average Bonchev–Trinajstić information content (AvgIpc) is 3.59. The van der Waals surface area contributed by atoms with Crippen molar-refractivity contribution in [3.05, 3.63) is 59.7 Å². The van der Waals surface area contributed by atoms with Gasteiger partial charge in [-0.05, 0) is 55.6 Å². The number of rotatable bonds is 21. The molecule has 3 N–H and O–H groups in total. The van der Waals surface area contributed by atoms with E-state index in [1.807, 2.05) is 36.4 Å². The Bertz CT molecular complexity index is 1090. The number of aliphatic hydroxyl groups is 1. The Hall–Kier alpha value is -2.77. The quantitative estimate of drug-likeness (QED) is 0.122. The fourth-order valence-corrected chi connectivity index (χ4v) is 6.69. The highest BCUT2D eigenvalue weighted by Crippen LogP contribution is 2.33. The van der Waals surface area contributed by atoms with E-state index in [0.717, 1.165) is 49.9 Å². The summed E-state index contributed by atoms with van der Waals surface area (Å²) in [6.45, 7) is 5.86. The predicted molar refractivity (Wildman–Crippen MR) is 183 cm³/mol. The monoisotopic (exact) mass is 621 g/mol. The van der Waals surface area contributed by atoms with Crippen molar-refractivity contribution >= 4 is 6.03 Å². The molecule has 0 radical (unpaired) electrons. The third kappa shape index (κ3) is 12.5. The maximum Gasteiger partial charge on any atom is 0.315 e. The highest BCUT2D eigenvalue weighted by Gasteiger charge is 2.28. The van der Waals surface area contributed by atoms with Crippen molar-refractivity contribution in [1.82, 2.24) is 15.5 Å². The van der Waals surface area contributed by atoms with E-state index in [2.05, 4.69) is 34.6 Å². The largest absolute Gasteiger partial charge is 0.486 e. The minimum absolute atomic E-state index is 0.0715. The average molecular weight is 622 g/mol. The van der Waals surface area contributed by atoms with Gasteiger partial charge in [-0.1, -0.05) is 127 Å². The fourth-order valence-electron chi connectivity index (χ4n) is 6.69. The Kier molecular flexibility index (Phi) is 15.9. The van der Waals surface area contributed by atoms with E-state index in [4.69, 9.17) is 9.47 Å². The summed E-state index contributed by atoms with van der Waals surface area (Å²) in [5.41, 5.74) is 1.84. The number of aliphatic hydroxyl groups excluding tert-OH is 1. The molecule has 1 fully saturated rings. The van der Waals surface area contributed by atoms with Gasteiger partial charge in [0.05, 0.1) is 12.1 Å². The van der Waals surface area contributed by atoms with Crippen molar-refractivity contribution in [3.63, 3.8) is 0 Å². The summed E-state index contributed by atoms with van der Waals surface area (Å²) in [7, 11) is 0. The molecule has 2 aliphatic rings. The first-order valence-electron chi connectivity index (χ1n) is 18.1. The second kappa shape index (κ2) is 20.4. The molecule has 0 aliphatic carbocycles.